The largest absolute Gasteiger partial charge is 0.451 e. The molecule has 0 radical (unpaired) electrons. The summed E-state index contributed by atoms with van der Waals surface area (Å²) < 4.78 is 5.73. The minimum absolute atomic E-state index is 0. The first-order valence-corrected chi connectivity index (χ1v) is 7.93. The van der Waals surface area contributed by atoms with Gasteiger partial charge < -0.3 is 15.1 Å². The first-order chi connectivity index (χ1) is 10.7. The standard InChI is InChI=1S/C18H20N2O2.ClH/c1-11-2-4-12(5-3-11)16-8-9-17(22-16)18(21)20-15-10-13-6-7-14(15)19-13;/h2-5,8-9,13-15,19H,6-7,10H2,1H3,(H,20,21);1H/t13-,14+,15-;/m1./s1. The summed E-state index contributed by atoms with van der Waals surface area (Å²) >= 11 is 0. The predicted molar refractivity (Wildman–Crippen MR) is 91.9 cm³/mol. The monoisotopic (exact) mass is 332 g/mol. The molecule has 1 amide bonds. The molecular formula is C18H21ClN2O2. The number of nitrogens with one attached hydrogen (secondary N) is 2. The lowest BCUT2D eigenvalue weighted by Crippen LogP contribution is -2.42. The van der Waals surface area contributed by atoms with E-state index < -0.39 is 0 Å². The number of benzene rings is 1. The van der Waals surface area contributed by atoms with Crippen molar-refractivity contribution in [1.82, 2.24) is 10.6 Å². The smallest absolute Gasteiger partial charge is 0.287 e. The van der Waals surface area contributed by atoms with E-state index in [9.17, 15) is 4.79 Å². The van der Waals surface area contributed by atoms with Gasteiger partial charge in [-0.25, -0.2) is 0 Å². The molecule has 23 heavy (non-hydrogen) atoms. The first kappa shape index (κ1) is 16.1. The number of fused-ring (bicyclic) bond motifs is 2. The fourth-order valence-corrected chi connectivity index (χ4v) is 3.56. The lowest BCUT2D eigenvalue weighted by molar-refractivity contribution is 0.0903. The highest BCUT2D eigenvalue weighted by molar-refractivity contribution is 5.92. The van der Waals surface area contributed by atoms with Gasteiger partial charge in [0.15, 0.2) is 5.76 Å². The van der Waals surface area contributed by atoms with Crippen LogP contribution in [0, 0.1) is 6.92 Å². The van der Waals surface area contributed by atoms with Crippen LogP contribution in [0.4, 0.5) is 0 Å². The molecule has 2 aliphatic heterocycles. The van der Waals surface area contributed by atoms with E-state index in [0.29, 0.717) is 17.8 Å². The summed E-state index contributed by atoms with van der Waals surface area (Å²) in [5.74, 6) is 1.01. The van der Waals surface area contributed by atoms with Crippen molar-refractivity contribution in [3.05, 3.63) is 47.7 Å². The minimum Gasteiger partial charge on any atom is -0.451 e. The average molecular weight is 333 g/mol. The van der Waals surface area contributed by atoms with Crippen LogP contribution in [0.25, 0.3) is 11.3 Å². The van der Waals surface area contributed by atoms with Crippen LogP contribution in [0.2, 0.25) is 0 Å². The number of halogens is 1. The van der Waals surface area contributed by atoms with Gasteiger partial charge in [0, 0.05) is 23.7 Å². The van der Waals surface area contributed by atoms with Gasteiger partial charge in [0.25, 0.3) is 5.91 Å². The zero-order chi connectivity index (χ0) is 15.1. The zero-order valence-corrected chi connectivity index (χ0v) is 13.9. The molecule has 3 atom stereocenters. The molecule has 0 aliphatic carbocycles. The summed E-state index contributed by atoms with van der Waals surface area (Å²) in [6.45, 7) is 2.05. The Morgan fingerprint density at radius 2 is 1.96 bits per heavy atom. The van der Waals surface area contributed by atoms with Gasteiger partial charge in [-0.2, -0.15) is 0 Å². The van der Waals surface area contributed by atoms with Gasteiger partial charge in [0.05, 0.1) is 0 Å². The fourth-order valence-electron chi connectivity index (χ4n) is 3.56. The molecule has 5 heteroatoms. The second-order valence-electron chi connectivity index (χ2n) is 6.39. The maximum atomic E-state index is 12.3. The Balaban J connectivity index is 0.00000156. The van der Waals surface area contributed by atoms with Gasteiger partial charge in [0.1, 0.15) is 5.76 Å². The normalized spacial score (nSPS) is 25.2. The second kappa shape index (κ2) is 6.38. The van der Waals surface area contributed by atoms with E-state index in [-0.39, 0.29) is 24.4 Å². The number of carbonyl (C=O) groups is 1. The minimum atomic E-state index is -0.113. The molecule has 4 nitrogen and oxygen atoms in total. The number of furan rings is 1. The number of hydrogen-bond acceptors (Lipinski definition) is 3. The third-order valence-electron chi connectivity index (χ3n) is 4.78. The van der Waals surface area contributed by atoms with Gasteiger partial charge in [-0.05, 0) is 38.3 Å². The van der Waals surface area contributed by atoms with E-state index in [4.69, 9.17) is 4.42 Å². The van der Waals surface area contributed by atoms with Gasteiger partial charge in [-0.15, -0.1) is 12.4 Å². The van der Waals surface area contributed by atoms with Crippen molar-refractivity contribution in [2.45, 2.75) is 44.3 Å². The third-order valence-corrected chi connectivity index (χ3v) is 4.78. The summed E-state index contributed by atoms with van der Waals surface area (Å²) in [5, 5.41) is 6.63. The Morgan fingerprint density at radius 1 is 1.17 bits per heavy atom. The van der Waals surface area contributed by atoms with E-state index in [2.05, 4.69) is 10.6 Å². The Morgan fingerprint density at radius 3 is 2.61 bits per heavy atom. The number of hydrogen-bond donors (Lipinski definition) is 2. The van der Waals surface area contributed by atoms with E-state index >= 15 is 0 Å². The first-order valence-electron chi connectivity index (χ1n) is 7.93. The van der Waals surface area contributed by atoms with E-state index in [1.807, 2.05) is 37.3 Å². The SMILES string of the molecule is Cc1ccc(-c2ccc(C(=O)N[C@@H]3C[C@H]4CC[C@@H]3N4)o2)cc1.Cl. The summed E-state index contributed by atoms with van der Waals surface area (Å²) in [5.41, 5.74) is 2.20. The molecule has 1 aromatic heterocycles. The predicted octanol–water partition coefficient (Wildman–Crippen LogP) is 3.30. The highest BCUT2D eigenvalue weighted by atomic mass is 35.5. The molecule has 3 heterocycles. The lowest BCUT2D eigenvalue weighted by atomic mass is 9.95. The Hall–Kier alpha value is -1.78. The molecule has 0 unspecified atom stereocenters. The van der Waals surface area contributed by atoms with Crippen molar-refractivity contribution in [3.8, 4) is 11.3 Å². The highest BCUT2D eigenvalue weighted by Crippen LogP contribution is 2.29. The van der Waals surface area contributed by atoms with E-state index in [0.717, 1.165) is 24.2 Å². The Bertz CT molecular complexity index is 695. The number of aryl methyl sites for hydroxylation is 1. The van der Waals surface area contributed by atoms with Gasteiger partial charge in [-0.1, -0.05) is 29.8 Å². The van der Waals surface area contributed by atoms with Crippen LogP contribution < -0.4 is 10.6 Å². The van der Waals surface area contributed by atoms with Gasteiger partial charge in [-0.3, -0.25) is 4.79 Å². The van der Waals surface area contributed by atoms with Crippen molar-refractivity contribution in [1.29, 1.82) is 0 Å². The van der Waals surface area contributed by atoms with Crippen LogP contribution in [0.3, 0.4) is 0 Å². The lowest BCUT2D eigenvalue weighted by Gasteiger charge is -2.20. The van der Waals surface area contributed by atoms with Gasteiger partial charge in [0.2, 0.25) is 0 Å². The van der Waals surface area contributed by atoms with Crippen LogP contribution in [-0.2, 0) is 0 Å². The van der Waals surface area contributed by atoms with Crippen molar-refractivity contribution in [2.24, 2.45) is 0 Å². The quantitative estimate of drug-likeness (QED) is 0.906. The summed E-state index contributed by atoms with van der Waals surface area (Å²) in [7, 11) is 0. The van der Waals surface area contributed by atoms with Crippen molar-refractivity contribution in [3.63, 3.8) is 0 Å². The molecule has 0 saturated carbocycles. The maximum absolute atomic E-state index is 12.3. The van der Waals surface area contributed by atoms with E-state index in [1.165, 1.54) is 12.0 Å². The number of carbonyl (C=O) groups excluding carboxylic acids is 1. The molecule has 0 spiro atoms. The van der Waals surface area contributed by atoms with Crippen LogP contribution in [0.5, 0.6) is 0 Å². The van der Waals surface area contributed by atoms with Crippen molar-refractivity contribution >= 4 is 18.3 Å². The van der Waals surface area contributed by atoms with Crippen LogP contribution >= 0.6 is 12.4 Å². The summed E-state index contributed by atoms with van der Waals surface area (Å²) in [6, 6.07) is 13.0. The van der Waals surface area contributed by atoms with Crippen molar-refractivity contribution in [2.75, 3.05) is 0 Å². The van der Waals surface area contributed by atoms with Crippen LogP contribution in [0.1, 0.15) is 35.4 Å². The molecule has 2 fully saturated rings. The molecule has 1 aromatic carbocycles. The number of amides is 1. The van der Waals surface area contributed by atoms with Crippen LogP contribution in [0.15, 0.2) is 40.8 Å². The van der Waals surface area contributed by atoms with Crippen molar-refractivity contribution < 1.29 is 9.21 Å². The molecule has 4 rings (SSSR count). The molecule has 2 bridgehead atoms. The fraction of sp³-hybridized carbons (Fsp3) is 0.389. The molecule has 2 saturated heterocycles. The van der Waals surface area contributed by atoms with Gasteiger partial charge >= 0.3 is 0 Å². The molecule has 122 valence electrons. The molecular weight excluding hydrogens is 312 g/mol. The highest BCUT2D eigenvalue weighted by Gasteiger charge is 2.39. The Kier molecular flexibility index (Phi) is 4.46. The third kappa shape index (κ3) is 3.14. The van der Waals surface area contributed by atoms with E-state index in [1.54, 1.807) is 6.07 Å². The molecule has 2 N–H and O–H groups in total. The van der Waals surface area contributed by atoms with Crippen LogP contribution in [-0.4, -0.2) is 24.0 Å². The average Bonchev–Trinajstić information content (AvgIpc) is 3.24. The molecule has 2 aliphatic rings. The number of rotatable bonds is 3. The Labute approximate surface area is 142 Å². The summed E-state index contributed by atoms with van der Waals surface area (Å²) in [6.07, 6.45) is 3.42. The zero-order valence-electron chi connectivity index (χ0n) is 13.0. The molecule has 2 aromatic rings. The maximum Gasteiger partial charge on any atom is 0.287 e. The summed E-state index contributed by atoms with van der Waals surface area (Å²) in [4.78, 5) is 12.3. The topological polar surface area (TPSA) is 54.3 Å². The second-order valence-corrected chi connectivity index (χ2v) is 6.39.